The van der Waals surface area contributed by atoms with Crippen LogP contribution in [0.2, 0.25) is 0 Å². The number of rotatable bonds is 5. The minimum Gasteiger partial charge on any atom is -0.350 e. The molecule has 1 fully saturated rings. The molecule has 4 rings (SSSR count). The lowest BCUT2D eigenvalue weighted by Gasteiger charge is -2.32. The van der Waals surface area contributed by atoms with Crippen LogP contribution in [-0.2, 0) is 4.79 Å². The Balaban J connectivity index is 1.27. The molecule has 1 N–H and O–H groups in total. The van der Waals surface area contributed by atoms with Gasteiger partial charge in [0.1, 0.15) is 11.0 Å². The fraction of sp³-hybridized carbons (Fsp3) is 0.364. The summed E-state index contributed by atoms with van der Waals surface area (Å²) in [7, 11) is 0. The van der Waals surface area contributed by atoms with Gasteiger partial charge in [0.05, 0.1) is 17.8 Å². The van der Waals surface area contributed by atoms with E-state index in [1.807, 2.05) is 60.4 Å². The van der Waals surface area contributed by atoms with Crippen LogP contribution >= 0.6 is 11.7 Å². The summed E-state index contributed by atoms with van der Waals surface area (Å²) in [6.45, 7) is 3.36. The molecule has 7 heteroatoms. The van der Waals surface area contributed by atoms with Crippen molar-refractivity contribution in [1.82, 2.24) is 19.0 Å². The van der Waals surface area contributed by atoms with Gasteiger partial charge in [-0.25, -0.2) is 0 Å². The zero-order valence-electron chi connectivity index (χ0n) is 16.4. The van der Waals surface area contributed by atoms with Gasteiger partial charge in [-0.2, -0.15) is 8.75 Å². The summed E-state index contributed by atoms with van der Waals surface area (Å²) in [6.07, 6.45) is 2.20. The van der Waals surface area contributed by atoms with Crippen LogP contribution in [-0.4, -0.2) is 38.6 Å². The molecule has 0 radical (unpaired) electrons. The summed E-state index contributed by atoms with van der Waals surface area (Å²) in [5.41, 5.74) is 3.34. The molecule has 2 amide bonds. The van der Waals surface area contributed by atoms with Crippen molar-refractivity contribution >= 4 is 34.6 Å². The van der Waals surface area contributed by atoms with Crippen LogP contribution in [0.1, 0.15) is 48.1 Å². The summed E-state index contributed by atoms with van der Waals surface area (Å²) >= 11 is 1.15. The second-order valence-corrected chi connectivity index (χ2v) is 8.14. The fourth-order valence-corrected chi connectivity index (χ4v) is 4.34. The van der Waals surface area contributed by atoms with E-state index in [1.54, 1.807) is 0 Å². The Morgan fingerprint density at radius 3 is 2.59 bits per heavy atom. The quantitative estimate of drug-likeness (QED) is 0.697. The maximum absolute atomic E-state index is 12.8. The van der Waals surface area contributed by atoms with Gasteiger partial charge in [-0.3, -0.25) is 9.59 Å². The molecule has 1 aromatic heterocycles. The number of amides is 2. The molecule has 1 aliphatic rings. The van der Waals surface area contributed by atoms with Gasteiger partial charge in [0, 0.05) is 25.1 Å². The molecule has 3 aromatic rings. The number of aromatic nitrogens is 2. The molecule has 6 nitrogen and oxygen atoms in total. The monoisotopic (exact) mass is 408 g/mol. The van der Waals surface area contributed by atoms with Gasteiger partial charge in [-0.1, -0.05) is 30.3 Å². The number of benzene rings is 2. The number of carbonyl (C=O) groups is 2. The predicted molar refractivity (Wildman–Crippen MR) is 114 cm³/mol. The Morgan fingerprint density at radius 1 is 1.10 bits per heavy atom. The van der Waals surface area contributed by atoms with E-state index in [-0.39, 0.29) is 17.9 Å². The first-order chi connectivity index (χ1) is 14.1. The molecule has 0 saturated carbocycles. The number of likely N-dealkylation sites (tertiary alicyclic amines) is 1. The van der Waals surface area contributed by atoms with E-state index in [0.29, 0.717) is 31.0 Å². The average molecular weight is 409 g/mol. The maximum atomic E-state index is 12.8. The van der Waals surface area contributed by atoms with Gasteiger partial charge in [0.2, 0.25) is 5.91 Å². The van der Waals surface area contributed by atoms with Crippen molar-refractivity contribution in [1.29, 1.82) is 0 Å². The standard InChI is InChI=1S/C22H24N4O2S/c1-15(17-5-3-2-4-6-17)23-21(27)13-16-9-11-26(12-10-16)22(28)18-7-8-19-20(14-18)25-29-24-19/h2-8,14-16H,9-13H2,1H3,(H,23,27). The molecular formula is C22H24N4O2S. The van der Waals surface area contributed by atoms with Gasteiger partial charge >= 0.3 is 0 Å². The Morgan fingerprint density at radius 2 is 1.83 bits per heavy atom. The van der Waals surface area contributed by atoms with Gasteiger partial charge in [0.15, 0.2) is 0 Å². The predicted octanol–water partition coefficient (Wildman–Crippen LogP) is 3.81. The first-order valence-electron chi connectivity index (χ1n) is 9.96. The molecule has 0 aliphatic carbocycles. The highest BCUT2D eigenvalue weighted by Crippen LogP contribution is 2.23. The van der Waals surface area contributed by atoms with Crippen LogP contribution in [0.4, 0.5) is 0 Å². The minimum atomic E-state index is 0.000452. The zero-order valence-corrected chi connectivity index (χ0v) is 17.2. The molecule has 2 aromatic carbocycles. The zero-order chi connectivity index (χ0) is 20.2. The summed E-state index contributed by atoms with van der Waals surface area (Å²) < 4.78 is 8.39. The number of nitrogens with one attached hydrogen (secondary N) is 1. The van der Waals surface area contributed by atoms with Crippen LogP contribution in [0.15, 0.2) is 48.5 Å². The number of hydrogen-bond donors (Lipinski definition) is 1. The van der Waals surface area contributed by atoms with Crippen molar-refractivity contribution in [3.8, 4) is 0 Å². The van der Waals surface area contributed by atoms with Gasteiger partial charge < -0.3 is 10.2 Å². The van der Waals surface area contributed by atoms with Crippen molar-refractivity contribution in [3.05, 3.63) is 59.7 Å². The topological polar surface area (TPSA) is 75.2 Å². The van der Waals surface area contributed by atoms with Crippen molar-refractivity contribution in [2.75, 3.05) is 13.1 Å². The SMILES string of the molecule is CC(NC(=O)CC1CCN(C(=O)c2ccc3nsnc3c2)CC1)c1ccccc1. The molecule has 1 atom stereocenters. The third-order valence-electron chi connectivity index (χ3n) is 5.55. The van der Waals surface area contributed by atoms with Crippen molar-refractivity contribution in [2.24, 2.45) is 5.92 Å². The van der Waals surface area contributed by atoms with Crippen LogP contribution < -0.4 is 5.32 Å². The molecule has 0 bridgehead atoms. The highest BCUT2D eigenvalue weighted by atomic mass is 32.1. The smallest absolute Gasteiger partial charge is 0.253 e. The highest BCUT2D eigenvalue weighted by Gasteiger charge is 2.25. The van der Waals surface area contributed by atoms with Crippen molar-refractivity contribution in [2.45, 2.75) is 32.2 Å². The Kier molecular flexibility index (Phi) is 5.85. The van der Waals surface area contributed by atoms with Gasteiger partial charge in [-0.15, -0.1) is 0 Å². The normalized spacial score (nSPS) is 16.0. The minimum absolute atomic E-state index is 0.000452. The second-order valence-electron chi connectivity index (χ2n) is 7.61. The lowest BCUT2D eigenvalue weighted by molar-refractivity contribution is -0.122. The van der Waals surface area contributed by atoms with E-state index in [9.17, 15) is 9.59 Å². The average Bonchev–Trinajstić information content (AvgIpc) is 3.22. The van der Waals surface area contributed by atoms with Crippen molar-refractivity contribution in [3.63, 3.8) is 0 Å². The molecular weight excluding hydrogens is 384 g/mol. The Labute approximate surface area is 174 Å². The van der Waals surface area contributed by atoms with Gasteiger partial charge in [-0.05, 0) is 49.4 Å². The summed E-state index contributed by atoms with van der Waals surface area (Å²) in [4.78, 5) is 27.1. The van der Waals surface area contributed by atoms with Crippen LogP contribution in [0, 0.1) is 5.92 Å². The first kappa shape index (κ1) is 19.5. The van der Waals surface area contributed by atoms with E-state index in [4.69, 9.17) is 0 Å². The Bertz CT molecular complexity index is 996. The van der Waals surface area contributed by atoms with E-state index >= 15 is 0 Å². The third kappa shape index (κ3) is 4.62. The fourth-order valence-electron chi connectivity index (χ4n) is 3.83. The van der Waals surface area contributed by atoms with Crippen LogP contribution in [0.3, 0.4) is 0 Å². The largest absolute Gasteiger partial charge is 0.350 e. The first-order valence-corrected chi connectivity index (χ1v) is 10.7. The molecule has 1 aliphatic heterocycles. The lowest BCUT2D eigenvalue weighted by atomic mass is 9.92. The van der Waals surface area contributed by atoms with E-state index in [2.05, 4.69) is 14.1 Å². The molecule has 0 spiro atoms. The maximum Gasteiger partial charge on any atom is 0.253 e. The summed E-state index contributed by atoms with van der Waals surface area (Å²) in [5.74, 6) is 0.417. The van der Waals surface area contributed by atoms with Crippen LogP contribution in [0.5, 0.6) is 0 Å². The van der Waals surface area contributed by atoms with E-state index in [1.165, 1.54) is 0 Å². The Hall–Kier alpha value is -2.80. The molecule has 1 saturated heterocycles. The number of nitrogens with zero attached hydrogens (tertiary/aromatic N) is 3. The molecule has 29 heavy (non-hydrogen) atoms. The lowest BCUT2D eigenvalue weighted by Crippen LogP contribution is -2.39. The van der Waals surface area contributed by atoms with Crippen molar-refractivity contribution < 1.29 is 9.59 Å². The third-order valence-corrected chi connectivity index (χ3v) is 6.11. The highest BCUT2D eigenvalue weighted by molar-refractivity contribution is 7.00. The summed E-state index contributed by atoms with van der Waals surface area (Å²) in [5, 5.41) is 3.09. The number of piperidine rings is 1. The van der Waals surface area contributed by atoms with Crippen LogP contribution in [0.25, 0.3) is 11.0 Å². The molecule has 1 unspecified atom stereocenters. The summed E-state index contributed by atoms with van der Waals surface area (Å²) in [6, 6.07) is 15.4. The van der Waals surface area contributed by atoms with E-state index in [0.717, 1.165) is 41.2 Å². The second kappa shape index (κ2) is 8.69. The van der Waals surface area contributed by atoms with Gasteiger partial charge in [0.25, 0.3) is 5.91 Å². The molecule has 150 valence electrons. The number of fused-ring (bicyclic) bond motifs is 1. The van der Waals surface area contributed by atoms with E-state index < -0.39 is 0 Å². The molecule has 2 heterocycles. The number of carbonyl (C=O) groups excluding carboxylic acids is 2. The number of hydrogen-bond acceptors (Lipinski definition) is 5.